The van der Waals surface area contributed by atoms with Gasteiger partial charge in [-0.25, -0.2) is 18.8 Å². The average Bonchev–Trinajstić information content (AvgIpc) is 3.26. The normalized spacial score (nSPS) is 29.8. The number of halogens is 2. The highest BCUT2D eigenvalue weighted by atomic mass is 19.1. The van der Waals surface area contributed by atoms with Crippen molar-refractivity contribution < 1.29 is 18.4 Å². The van der Waals surface area contributed by atoms with Gasteiger partial charge in [0.25, 0.3) is 0 Å². The zero-order valence-corrected chi connectivity index (χ0v) is 22.8. The minimum absolute atomic E-state index is 0.0156. The van der Waals surface area contributed by atoms with E-state index in [0.29, 0.717) is 26.2 Å². The number of hydrazine groups is 1. The molecule has 4 N–H and O–H groups in total. The van der Waals surface area contributed by atoms with Crippen LogP contribution in [0.4, 0.5) is 20.2 Å². The number of carbonyl (C=O) groups is 2. The molecule has 4 aliphatic rings. The molecule has 1 aromatic rings. The summed E-state index contributed by atoms with van der Waals surface area (Å²) in [5.74, 6) is -1.58. The second kappa shape index (κ2) is 12.4. The van der Waals surface area contributed by atoms with Crippen LogP contribution in [0.25, 0.3) is 0 Å². The summed E-state index contributed by atoms with van der Waals surface area (Å²) in [6, 6.07) is 0.148. The maximum atomic E-state index is 15.1. The van der Waals surface area contributed by atoms with Crippen molar-refractivity contribution in [2.24, 2.45) is 11.7 Å². The molecule has 1 saturated carbocycles. The Balaban J connectivity index is 1.36. The summed E-state index contributed by atoms with van der Waals surface area (Å²) in [6.07, 6.45) is 9.38. The van der Waals surface area contributed by atoms with E-state index in [0.717, 1.165) is 31.9 Å². The van der Waals surface area contributed by atoms with Gasteiger partial charge in [0, 0.05) is 52.2 Å². The number of hydrogen-bond acceptors (Lipinski definition) is 8. The average molecular weight is 549 g/mol. The van der Waals surface area contributed by atoms with Crippen molar-refractivity contribution in [3.05, 3.63) is 18.2 Å². The van der Waals surface area contributed by atoms with Crippen molar-refractivity contribution in [2.45, 2.75) is 82.8 Å². The number of nitrogens with zero attached hydrogens (tertiary/aromatic N) is 5. The summed E-state index contributed by atoms with van der Waals surface area (Å²) in [6.45, 7) is 3.70. The lowest BCUT2D eigenvalue weighted by molar-refractivity contribution is -0.129. The molecule has 10 nitrogen and oxygen atoms in total. The zero-order valence-electron chi connectivity index (χ0n) is 22.8. The third-order valence-electron chi connectivity index (χ3n) is 8.74. The number of nitrogens with one attached hydrogen (secondary N) is 2. The molecule has 0 radical (unpaired) electrons. The topological polar surface area (TPSA) is 110 Å². The number of fused-ring (bicyclic) bond motifs is 1. The highest BCUT2D eigenvalue weighted by Gasteiger charge is 2.53. The van der Waals surface area contributed by atoms with E-state index >= 15 is 4.39 Å². The van der Waals surface area contributed by atoms with E-state index in [2.05, 4.69) is 20.6 Å². The summed E-state index contributed by atoms with van der Waals surface area (Å²) in [4.78, 5) is 33.2. The lowest BCUT2D eigenvalue weighted by Gasteiger charge is -2.42. The molecule has 4 unspecified atom stereocenters. The van der Waals surface area contributed by atoms with Crippen LogP contribution in [-0.4, -0.2) is 95.5 Å². The largest absolute Gasteiger partial charge is 0.364 e. The predicted octanol–water partition coefficient (Wildman–Crippen LogP) is 2.03. The molecule has 0 bridgehead atoms. The van der Waals surface area contributed by atoms with Gasteiger partial charge in [0.1, 0.15) is 11.9 Å². The van der Waals surface area contributed by atoms with E-state index < -0.39 is 30.2 Å². The molecule has 216 valence electrons. The van der Waals surface area contributed by atoms with E-state index in [1.54, 1.807) is 4.90 Å². The summed E-state index contributed by atoms with van der Waals surface area (Å²) in [5.41, 5.74) is 7.36. The second-order valence-corrected chi connectivity index (χ2v) is 11.3. The van der Waals surface area contributed by atoms with Crippen LogP contribution in [0, 0.1) is 11.7 Å². The number of aromatic nitrogens is 1. The number of nitrogens with two attached hydrogens (primary N) is 1. The molecule has 1 aromatic heterocycles. The van der Waals surface area contributed by atoms with Crippen LogP contribution < -0.4 is 21.3 Å². The fourth-order valence-electron chi connectivity index (χ4n) is 6.74. The van der Waals surface area contributed by atoms with E-state index in [1.165, 1.54) is 38.8 Å². The number of anilines is 2. The highest BCUT2D eigenvalue weighted by Crippen LogP contribution is 2.37. The van der Waals surface area contributed by atoms with Gasteiger partial charge in [-0.05, 0) is 12.8 Å². The molecule has 4 fully saturated rings. The first-order valence-electron chi connectivity index (χ1n) is 14.5. The van der Waals surface area contributed by atoms with E-state index in [-0.39, 0.29) is 42.3 Å². The Morgan fingerprint density at radius 1 is 1.05 bits per heavy atom. The molecule has 39 heavy (non-hydrogen) atoms. The van der Waals surface area contributed by atoms with Crippen molar-refractivity contribution in [3.63, 3.8) is 0 Å². The lowest BCUT2D eigenvalue weighted by Crippen LogP contribution is -2.60. The number of carbonyl (C=O) groups excluding carboxylic acids is 2. The van der Waals surface area contributed by atoms with Gasteiger partial charge in [0.15, 0.2) is 5.82 Å². The minimum atomic E-state index is -1.05. The first-order valence-corrected chi connectivity index (χ1v) is 14.5. The van der Waals surface area contributed by atoms with Gasteiger partial charge < -0.3 is 20.9 Å². The number of hydrogen-bond donors (Lipinski definition) is 3. The Bertz CT molecular complexity index is 1010. The molecule has 12 heteroatoms. The molecular formula is C27H42F2N8O2. The third kappa shape index (κ3) is 6.03. The molecule has 4 heterocycles. The standard InChI is InChI=1S/C27H42F2N8O2/c1-18(38)34-10-12-35(13-11-34)24-21(29)15-31-16-22(24)33-27(39)23-25(30)37(36-17-19(28)14-32-26(23)36)20-8-6-4-2-3-5-7-9-20/h15-16,19-20,23,25-26,32H,2-14,17,30H2,1H3,(H,33,39). The molecule has 5 rings (SSSR count). The Morgan fingerprint density at radius 3 is 2.38 bits per heavy atom. The number of amides is 2. The van der Waals surface area contributed by atoms with Gasteiger partial charge in [0.2, 0.25) is 11.8 Å². The second-order valence-electron chi connectivity index (χ2n) is 11.3. The molecule has 3 saturated heterocycles. The Labute approximate surface area is 229 Å². The summed E-state index contributed by atoms with van der Waals surface area (Å²) >= 11 is 0. The van der Waals surface area contributed by atoms with Crippen molar-refractivity contribution in [3.8, 4) is 0 Å². The Morgan fingerprint density at radius 2 is 1.72 bits per heavy atom. The van der Waals surface area contributed by atoms with Crippen LogP contribution >= 0.6 is 0 Å². The van der Waals surface area contributed by atoms with Crippen LogP contribution in [0.1, 0.15) is 58.3 Å². The molecule has 1 aliphatic carbocycles. The monoisotopic (exact) mass is 548 g/mol. The van der Waals surface area contributed by atoms with Crippen molar-refractivity contribution >= 4 is 23.2 Å². The van der Waals surface area contributed by atoms with E-state index in [4.69, 9.17) is 5.73 Å². The van der Waals surface area contributed by atoms with Gasteiger partial charge in [0.05, 0.1) is 36.3 Å². The van der Waals surface area contributed by atoms with Crippen molar-refractivity contribution in [2.75, 3.05) is 49.5 Å². The van der Waals surface area contributed by atoms with Crippen LogP contribution in [0.2, 0.25) is 0 Å². The summed E-state index contributed by atoms with van der Waals surface area (Å²) in [5, 5.41) is 10.2. The third-order valence-corrected chi connectivity index (χ3v) is 8.74. The van der Waals surface area contributed by atoms with E-state index in [9.17, 15) is 14.0 Å². The molecule has 2 amide bonds. The van der Waals surface area contributed by atoms with Gasteiger partial charge in [-0.15, -0.1) is 0 Å². The summed E-state index contributed by atoms with van der Waals surface area (Å²) < 4.78 is 29.7. The zero-order chi connectivity index (χ0) is 27.5. The highest BCUT2D eigenvalue weighted by molar-refractivity contribution is 5.96. The van der Waals surface area contributed by atoms with Gasteiger partial charge in [-0.3, -0.25) is 19.9 Å². The van der Waals surface area contributed by atoms with Gasteiger partial charge in [-0.2, -0.15) is 0 Å². The van der Waals surface area contributed by atoms with Crippen LogP contribution in [0.3, 0.4) is 0 Å². The molecule has 4 atom stereocenters. The van der Waals surface area contributed by atoms with Crippen molar-refractivity contribution in [1.29, 1.82) is 0 Å². The fourth-order valence-corrected chi connectivity index (χ4v) is 6.74. The molecule has 3 aliphatic heterocycles. The molecule has 0 aromatic carbocycles. The molecule has 0 spiro atoms. The number of piperazine rings is 1. The quantitative estimate of drug-likeness (QED) is 0.525. The SMILES string of the molecule is CC(=O)N1CCN(c2c(F)cncc2NC(=O)C2C3NCC(F)CN3N(C3CCCCCCCC3)C2N)CC1. The Kier molecular flexibility index (Phi) is 8.95. The predicted molar refractivity (Wildman–Crippen MR) is 145 cm³/mol. The van der Waals surface area contributed by atoms with Gasteiger partial charge in [-0.1, -0.05) is 38.5 Å². The first kappa shape index (κ1) is 28.1. The maximum absolute atomic E-state index is 15.1. The summed E-state index contributed by atoms with van der Waals surface area (Å²) in [7, 11) is 0. The van der Waals surface area contributed by atoms with Crippen molar-refractivity contribution in [1.82, 2.24) is 25.2 Å². The minimum Gasteiger partial charge on any atom is -0.364 e. The number of rotatable bonds is 4. The maximum Gasteiger partial charge on any atom is 0.233 e. The molecular weight excluding hydrogens is 506 g/mol. The Hall–Kier alpha value is -2.41. The van der Waals surface area contributed by atoms with Crippen LogP contribution in [0.5, 0.6) is 0 Å². The lowest BCUT2D eigenvalue weighted by atomic mass is 9.99. The van der Waals surface area contributed by atoms with E-state index in [1.807, 2.05) is 9.91 Å². The van der Waals surface area contributed by atoms with Gasteiger partial charge >= 0.3 is 0 Å². The number of pyridine rings is 1. The first-order chi connectivity index (χ1) is 18.8. The van der Waals surface area contributed by atoms with Crippen LogP contribution in [-0.2, 0) is 9.59 Å². The van der Waals surface area contributed by atoms with Crippen LogP contribution in [0.15, 0.2) is 12.4 Å². The fraction of sp³-hybridized carbons (Fsp3) is 0.741. The smallest absolute Gasteiger partial charge is 0.233 e. The number of alkyl halides is 1.